The molecule has 0 saturated carbocycles. The van der Waals surface area contributed by atoms with E-state index in [-0.39, 0.29) is 6.09 Å². The van der Waals surface area contributed by atoms with Gasteiger partial charge in [-0.25, -0.2) is 4.79 Å². The normalized spacial score (nSPS) is 20.0. The molecule has 0 aliphatic carbocycles. The van der Waals surface area contributed by atoms with E-state index in [9.17, 15) is 4.79 Å². The Hall–Kier alpha value is -0.810. The first-order valence-corrected chi connectivity index (χ1v) is 7.68. The minimum absolute atomic E-state index is 0.184. The summed E-state index contributed by atoms with van der Waals surface area (Å²) in [6.07, 6.45) is 2.04. The zero-order valence-electron chi connectivity index (χ0n) is 13.4. The zero-order chi connectivity index (χ0) is 15.0. The SMILES string of the molecule is CCOCCNCC1CCCN(C(=O)OC(C)(C)C)C1. The Balaban J connectivity index is 2.26. The number of carbonyl (C=O) groups excluding carboxylic acids is 1. The van der Waals surface area contributed by atoms with Crippen LogP contribution in [0.25, 0.3) is 0 Å². The molecule has 1 saturated heterocycles. The molecule has 1 rings (SSSR count). The molecule has 20 heavy (non-hydrogen) atoms. The van der Waals surface area contributed by atoms with Crippen molar-refractivity contribution in [3.8, 4) is 0 Å². The Bertz CT molecular complexity index is 289. The van der Waals surface area contributed by atoms with Crippen molar-refractivity contribution < 1.29 is 14.3 Å². The van der Waals surface area contributed by atoms with E-state index < -0.39 is 5.60 Å². The van der Waals surface area contributed by atoms with E-state index in [1.165, 1.54) is 6.42 Å². The van der Waals surface area contributed by atoms with Gasteiger partial charge in [-0.2, -0.15) is 0 Å². The molecule has 1 N–H and O–H groups in total. The summed E-state index contributed by atoms with van der Waals surface area (Å²) in [7, 11) is 0. The number of hydrogen-bond acceptors (Lipinski definition) is 4. The van der Waals surface area contributed by atoms with Crippen LogP contribution >= 0.6 is 0 Å². The Kier molecular flexibility index (Phi) is 7.30. The summed E-state index contributed by atoms with van der Waals surface area (Å²) in [5.41, 5.74) is -0.417. The maximum atomic E-state index is 12.0. The van der Waals surface area contributed by atoms with Gasteiger partial charge in [0.25, 0.3) is 0 Å². The first-order valence-electron chi connectivity index (χ1n) is 7.68. The number of amides is 1. The van der Waals surface area contributed by atoms with Crippen LogP contribution < -0.4 is 5.32 Å². The average Bonchev–Trinajstić information content (AvgIpc) is 2.37. The predicted octanol–water partition coefficient (Wildman–Crippen LogP) is 2.26. The number of rotatable bonds is 6. The molecule has 0 radical (unpaired) electrons. The molecule has 5 nitrogen and oxygen atoms in total. The third-order valence-electron chi connectivity index (χ3n) is 3.23. The first-order chi connectivity index (χ1) is 9.42. The summed E-state index contributed by atoms with van der Waals surface area (Å²) >= 11 is 0. The van der Waals surface area contributed by atoms with Crippen molar-refractivity contribution in [2.75, 3.05) is 39.4 Å². The van der Waals surface area contributed by atoms with Gasteiger partial charge in [-0.05, 0) is 53.0 Å². The summed E-state index contributed by atoms with van der Waals surface area (Å²) in [4.78, 5) is 13.9. The molecule has 118 valence electrons. The maximum Gasteiger partial charge on any atom is 0.410 e. The van der Waals surface area contributed by atoms with Crippen LogP contribution in [0.1, 0.15) is 40.5 Å². The number of piperidine rings is 1. The third-order valence-corrected chi connectivity index (χ3v) is 3.23. The van der Waals surface area contributed by atoms with E-state index >= 15 is 0 Å². The van der Waals surface area contributed by atoms with E-state index in [1.807, 2.05) is 32.6 Å². The van der Waals surface area contributed by atoms with E-state index in [0.29, 0.717) is 5.92 Å². The van der Waals surface area contributed by atoms with Crippen LogP contribution in [0.15, 0.2) is 0 Å². The molecule has 0 aromatic rings. The minimum Gasteiger partial charge on any atom is -0.444 e. The topological polar surface area (TPSA) is 50.8 Å². The van der Waals surface area contributed by atoms with Gasteiger partial charge in [-0.1, -0.05) is 0 Å². The Morgan fingerprint density at radius 1 is 1.40 bits per heavy atom. The van der Waals surface area contributed by atoms with Crippen molar-refractivity contribution in [3.05, 3.63) is 0 Å². The fraction of sp³-hybridized carbons (Fsp3) is 0.933. The molecule has 1 aliphatic heterocycles. The monoisotopic (exact) mass is 286 g/mol. The van der Waals surface area contributed by atoms with Crippen LogP contribution in [0.3, 0.4) is 0 Å². The molecule has 0 spiro atoms. The van der Waals surface area contributed by atoms with Gasteiger partial charge in [-0.15, -0.1) is 0 Å². The number of ether oxygens (including phenoxy) is 2. The quantitative estimate of drug-likeness (QED) is 0.761. The lowest BCUT2D eigenvalue weighted by Gasteiger charge is -2.34. The van der Waals surface area contributed by atoms with Crippen LogP contribution in [0, 0.1) is 5.92 Å². The average molecular weight is 286 g/mol. The largest absolute Gasteiger partial charge is 0.444 e. The van der Waals surface area contributed by atoms with Crippen molar-refractivity contribution in [2.45, 2.75) is 46.1 Å². The smallest absolute Gasteiger partial charge is 0.410 e. The van der Waals surface area contributed by atoms with Crippen molar-refractivity contribution >= 4 is 6.09 Å². The predicted molar refractivity (Wildman–Crippen MR) is 79.9 cm³/mol. The van der Waals surface area contributed by atoms with E-state index in [0.717, 1.165) is 45.8 Å². The molecule has 0 bridgehead atoms. The minimum atomic E-state index is -0.417. The summed E-state index contributed by atoms with van der Waals surface area (Å²) in [5, 5.41) is 3.39. The van der Waals surface area contributed by atoms with Gasteiger partial charge >= 0.3 is 6.09 Å². The maximum absolute atomic E-state index is 12.0. The number of hydrogen-bond donors (Lipinski definition) is 1. The summed E-state index contributed by atoms with van der Waals surface area (Å²) in [6.45, 7) is 12.6. The first kappa shape index (κ1) is 17.2. The molecular formula is C15H30N2O3. The summed E-state index contributed by atoms with van der Waals surface area (Å²) in [5.74, 6) is 0.512. The molecule has 0 aromatic heterocycles. The molecular weight excluding hydrogens is 256 g/mol. The van der Waals surface area contributed by atoms with Crippen molar-refractivity contribution in [1.82, 2.24) is 10.2 Å². The number of carbonyl (C=O) groups is 1. The Morgan fingerprint density at radius 3 is 2.80 bits per heavy atom. The van der Waals surface area contributed by atoms with Gasteiger partial charge in [0.1, 0.15) is 5.60 Å². The second-order valence-electron chi connectivity index (χ2n) is 6.34. The Morgan fingerprint density at radius 2 is 2.15 bits per heavy atom. The number of nitrogens with one attached hydrogen (secondary N) is 1. The van der Waals surface area contributed by atoms with Gasteiger partial charge in [0.2, 0.25) is 0 Å². The van der Waals surface area contributed by atoms with E-state index in [1.54, 1.807) is 0 Å². The lowest BCUT2D eigenvalue weighted by atomic mass is 9.98. The van der Waals surface area contributed by atoms with Crippen LogP contribution in [0.5, 0.6) is 0 Å². The molecule has 1 atom stereocenters. The number of nitrogens with zero attached hydrogens (tertiary/aromatic N) is 1. The molecule has 5 heteroatoms. The van der Waals surface area contributed by atoms with E-state index in [4.69, 9.17) is 9.47 Å². The van der Waals surface area contributed by atoms with E-state index in [2.05, 4.69) is 5.32 Å². The van der Waals surface area contributed by atoms with Crippen LogP contribution in [-0.2, 0) is 9.47 Å². The van der Waals surface area contributed by atoms with Gasteiger partial charge < -0.3 is 19.7 Å². The molecule has 1 heterocycles. The van der Waals surface area contributed by atoms with Crippen LogP contribution in [0.2, 0.25) is 0 Å². The summed E-state index contributed by atoms with van der Waals surface area (Å²) < 4.78 is 10.7. The molecule has 0 aromatic carbocycles. The highest BCUT2D eigenvalue weighted by Crippen LogP contribution is 2.18. The molecule has 1 fully saturated rings. The molecule has 1 unspecified atom stereocenters. The fourth-order valence-corrected chi connectivity index (χ4v) is 2.32. The molecule has 1 aliphatic rings. The highest BCUT2D eigenvalue weighted by Gasteiger charge is 2.27. The second-order valence-corrected chi connectivity index (χ2v) is 6.34. The van der Waals surface area contributed by atoms with Crippen LogP contribution in [-0.4, -0.2) is 56.0 Å². The van der Waals surface area contributed by atoms with Crippen LogP contribution in [0.4, 0.5) is 4.79 Å². The zero-order valence-corrected chi connectivity index (χ0v) is 13.4. The Labute approximate surface area is 123 Å². The number of likely N-dealkylation sites (tertiary alicyclic amines) is 1. The van der Waals surface area contributed by atoms with Crippen molar-refractivity contribution in [2.24, 2.45) is 5.92 Å². The van der Waals surface area contributed by atoms with Crippen molar-refractivity contribution in [3.63, 3.8) is 0 Å². The van der Waals surface area contributed by atoms with Gasteiger partial charge in [0.15, 0.2) is 0 Å². The van der Waals surface area contributed by atoms with Gasteiger partial charge in [0, 0.05) is 26.2 Å². The lowest BCUT2D eigenvalue weighted by Crippen LogP contribution is -2.45. The molecule has 1 amide bonds. The fourth-order valence-electron chi connectivity index (χ4n) is 2.32. The van der Waals surface area contributed by atoms with Crippen molar-refractivity contribution in [1.29, 1.82) is 0 Å². The standard InChI is InChI=1S/C15H30N2O3/c1-5-19-10-8-16-11-13-7-6-9-17(12-13)14(18)20-15(2,3)4/h13,16H,5-12H2,1-4H3. The van der Waals surface area contributed by atoms with Gasteiger partial charge in [-0.3, -0.25) is 0 Å². The second kappa shape index (κ2) is 8.47. The highest BCUT2D eigenvalue weighted by atomic mass is 16.6. The highest BCUT2D eigenvalue weighted by molar-refractivity contribution is 5.68. The summed E-state index contributed by atoms with van der Waals surface area (Å²) in [6, 6.07) is 0. The van der Waals surface area contributed by atoms with Gasteiger partial charge in [0.05, 0.1) is 6.61 Å². The lowest BCUT2D eigenvalue weighted by molar-refractivity contribution is 0.0165. The third kappa shape index (κ3) is 7.10.